The van der Waals surface area contributed by atoms with Crippen LogP contribution in [0.4, 0.5) is 5.69 Å². The monoisotopic (exact) mass is 360 g/mol. The van der Waals surface area contributed by atoms with E-state index in [9.17, 15) is 4.79 Å². The maximum atomic E-state index is 12.8. The predicted molar refractivity (Wildman–Crippen MR) is 103 cm³/mol. The van der Waals surface area contributed by atoms with Gasteiger partial charge in [-0.2, -0.15) is 0 Å². The smallest absolute Gasteiger partial charge is 0.246 e. The lowest BCUT2D eigenvalue weighted by Gasteiger charge is -2.19. The second-order valence-corrected chi connectivity index (χ2v) is 6.21. The second kappa shape index (κ2) is 10.2. The molecule has 0 radical (unpaired) electrons. The van der Waals surface area contributed by atoms with Crippen molar-refractivity contribution in [2.75, 3.05) is 25.1 Å². The van der Waals surface area contributed by atoms with E-state index in [4.69, 9.17) is 16.3 Å². The predicted octanol–water partition coefficient (Wildman–Crippen LogP) is 4.34. The Hall–Kier alpha value is -1.88. The number of aryl methyl sites for hydroxylation is 1. The van der Waals surface area contributed by atoms with Gasteiger partial charge in [-0.3, -0.25) is 4.79 Å². The first kappa shape index (κ1) is 19.4. The first-order valence-corrected chi connectivity index (χ1v) is 8.92. The summed E-state index contributed by atoms with van der Waals surface area (Å²) >= 11 is 6.15. The van der Waals surface area contributed by atoms with E-state index in [0.717, 1.165) is 17.5 Å². The number of hydrogen-bond acceptors (Lipinski definition) is 3. The molecular formula is C20H25ClN2O2. The van der Waals surface area contributed by atoms with Crippen LogP contribution in [-0.4, -0.2) is 25.7 Å². The fourth-order valence-electron chi connectivity index (χ4n) is 2.46. The normalized spacial score (nSPS) is 12.0. The number of hydrogen-bond donors (Lipinski definition) is 2. The van der Waals surface area contributed by atoms with Gasteiger partial charge in [0.2, 0.25) is 5.91 Å². The molecule has 2 aromatic carbocycles. The van der Waals surface area contributed by atoms with E-state index in [0.29, 0.717) is 30.5 Å². The average Bonchev–Trinajstić information content (AvgIpc) is 2.62. The number of halogens is 1. The van der Waals surface area contributed by atoms with Gasteiger partial charge in [-0.05, 0) is 50.1 Å². The van der Waals surface area contributed by atoms with Crippen molar-refractivity contribution in [1.29, 1.82) is 0 Å². The third kappa shape index (κ3) is 6.16. The summed E-state index contributed by atoms with van der Waals surface area (Å²) < 4.78 is 5.35. The van der Waals surface area contributed by atoms with E-state index in [2.05, 4.69) is 10.6 Å². The number of nitrogens with one attached hydrogen (secondary N) is 2. The summed E-state index contributed by atoms with van der Waals surface area (Å²) in [7, 11) is 0. The first-order chi connectivity index (χ1) is 12.1. The Balaban J connectivity index is 2.05. The quantitative estimate of drug-likeness (QED) is 0.654. The molecule has 4 nitrogen and oxygen atoms in total. The van der Waals surface area contributed by atoms with Crippen molar-refractivity contribution in [3.8, 4) is 0 Å². The zero-order valence-electron chi connectivity index (χ0n) is 14.7. The molecule has 0 aliphatic rings. The van der Waals surface area contributed by atoms with Crippen molar-refractivity contribution in [2.45, 2.75) is 26.3 Å². The SMILES string of the molecule is CCOCCCN[C@H](C(=O)Nc1ccc(C)c(Cl)c1)c1ccccc1. The van der Waals surface area contributed by atoms with Gasteiger partial charge in [0, 0.05) is 23.9 Å². The number of ether oxygens (including phenoxy) is 1. The van der Waals surface area contributed by atoms with E-state index >= 15 is 0 Å². The van der Waals surface area contributed by atoms with Gasteiger partial charge >= 0.3 is 0 Å². The van der Waals surface area contributed by atoms with Gasteiger partial charge in [-0.25, -0.2) is 0 Å². The van der Waals surface area contributed by atoms with E-state index in [1.165, 1.54) is 0 Å². The van der Waals surface area contributed by atoms with Gasteiger partial charge in [-0.15, -0.1) is 0 Å². The van der Waals surface area contributed by atoms with E-state index < -0.39 is 6.04 Å². The van der Waals surface area contributed by atoms with Crippen LogP contribution >= 0.6 is 11.6 Å². The molecule has 2 N–H and O–H groups in total. The summed E-state index contributed by atoms with van der Waals surface area (Å²) in [6.07, 6.45) is 0.848. The Bertz CT molecular complexity index is 677. The lowest BCUT2D eigenvalue weighted by Crippen LogP contribution is -2.34. The molecule has 0 saturated carbocycles. The van der Waals surface area contributed by atoms with E-state index in [1.807, 2.05) is 56.3 Å². The summed E-state index contributed by atoms with van der Waals surface area (Å²) in [4.78, 5) is 12.8. The van der Waals surface area contributed by atoms with Crippen LogP contribution in [0.5, 0.6) is 0 Å². The van der Waals surface area contributed by atoms with Crippen LogP contribution in [0, 0.1) is 6.92 Å². The minimum atomic E-state index is -0.428. The van der Waals surface area contributed by atoms with Crippen molar-refractivity contribution >= 4 is 23.2 Å². The molecule has 2 aromatic rings. The molecule has 1 amide bonds. The molecule has 0 unspecified atom stereocenters. The third-order valence-electron chi connectivity index (χ3n) is 3.85. The Morgan fingerprint density at radius 3 is 2.64 bits per heavy atom. The van der Waals surface area contributed by atoms with E-state index in [1.54, 1.807) is 6.07 Å². The van der Waals surface area contributed by atoms with Crippen molar-refractivity contribution < 1.29 is 9.53 Å². The fraction of sp³-hybridized carbons (Fsp3) is 0.350. The summed E-state index contributed by atoms with van der Waals surface area (Å²) in [5.74, 6) is -0.109. The lowest BCUT2D eigenvalue weighted by molar-refractivity contribution is -0.118. The molecule has 0 fully saturated rings. The molecule has 5 heteroatoms. The van der Waals surface area contributed by atoms with E-state index in [-0.39, 0.29) is 5.91 Å². The van der Waals surface area contributed by atoms with Crippen LogP contribution in [0.15, 0.2) is 48.5 Å². The maximum absolute atomic E-state index is 12.8. The highest BCUT2D eigenvalue weighted by molar-refractivity contribution is 6.31. The van der Waals surface area contributed by atoms with Gasteiger partial charge in [0.15, 0.2) is 0 Å². The average molecular weight is 361 g/mol. The summed E-state index contributed by atoms with van der Waals surface area (Å²) in [5.41, 5.74) is 2.60. The summed E-state index contributed by atoms with van der Waals surface area (Å²) in [6, 6.07) is 14.8. The van der Waals surface area contributed by atoms with Crippen LogP contribution < -0.4 is 10.6 Å². The summed E-state index contributed by atoms with van der Waals surface area (Å²) in [5, 5.41) is 6.90. The standard InChI is InChI=1S/C20H25ClN2O2/c1-3-25-13-7-12-22-19(16-8-5-4-6-9-16)20(24)23-17-11-10-15(2)18(21)14-17/h4-6,8-11,14,19,22H,3,7,12-13H2,1-2H3,(H,23,24)/t19-/m0/s1. The molecule has 0 aromatic heterocycles. The van der Waals surface area contributed by atoms with Gasteiger partial charge < -0.3 is 15.4 Å². The molecule has 0 heterocycles. The van der Waals surface area contributed by atoms with Crippen LogP contribution in [0.2, 0.25) is 5.02 Å². The number of anilines is 1. The van der Waals surface area contributed by atoms with Crippen molar-refractivity contribution in [3.63, 3.8) is 0 Å². The molecular weight excluding hydrogens is 336 g/mol. The molecule has 0 aliphatic carbocycles. The minimum Gasteiger partial charge on any atom is -0.382 e. The summed E-state index contributed by atoms with van der Waals surface area (Å²) in [6.45, 7) is 5.99. The molecule has 0 aliphatic heterocycles. The van der Waals surface area contributed by atoms with Crippen molar-refractivity contribution in [2.24, 2.45) is 0 Å². The molecule has 0 spiro atoms. The molecule has 0 bridgehead atoms. The highest BCUT2D eigenvalue weighted by Crippen LogP contribution is 2.22. The van der Waals surface area contributed by atoms with Crippen LogP contribution in [0.25, 0.3) is 0 Å². The van der Waals surface area contributed by atoms with Crippen molar-refractivity contribution in [3.05, 3.63) is 64.7 Å². The van der Waals surface area contributed by atoms with Gasteiger partial charge in [0.05, 0.1) is 0 Å². The molecule has 2 rings (SSSR count). The maximum Gasteiger partial charge on any atom is 0.246 e. The van der Waals surface area contributed by atoms with Gasteiger partial charge in [-0.1, -0.05) is 48.0 Å². The molecule has 25 heavy (non-hydrogen) atoms. The number of rotatable bonds is 9. The molecule has 0 saturated heterocycles. The molecule has 1 atom stereocenters. The second-order valence-electron chi connectivity index (χ2n) is 5.80. The van der Waals surface area contributed by atoms with Crippen molar-refractivity contribution in [1.82, 2.24) is 5.32 Å². The highest BCUT2D eigenvalue weighted by atomic mass is 35.5. The lowest BCUT2D eigenvalue weighted by atomic mass is 10.1. The van der Waals surface area contributed by atoms with Crippen LogP contribution in [-0.2, 0) is 9.53 Å². The Morgan fingerprint density at radius 1 is 1.20 bits per heavy atom. The van der Waals surface area contributed by atoms with Gasteiger partial charge in [0.25, 0.3) is 0 Å². The number of benzene rings is 2. The van der Waals surface area contributed by atoms with Crippen LogP contribution in [0.3, 0.4) is 0 Å². The number of amides is 1. The zero-order valence-corrected chi connectivity index (χ0v) is 15.5. The number of carbonyl (C=O) groups excluding carboxylic acids is 1. The molecule has 134 valence electrons. The topological polar surface area (TPSA) is 50.4 Å². The first-order valence-electron chi connectivity index (χ1n) is 8.55. The highest BCUT2D eigenvalue weighted by Gasteiger charge is 2.20. The fourth-order valence-corrected chi connectivity index (χ4v) is 2.64. The Morgan fingerprint density at radius 2 is 1.96 bits per heavy atom. The van der Waals surface area contributed by atoms with Crippen LogP contribution in [0.1, 0.15) is 30.5 Å². The Kier molecular flexibility index (Phi) is 7.92. The largest absolute Gasteiger partial charge is 0.382 e. The number of carbonyl (C=O) groups is 1. The Labute approximate surface area is 154 Å². The third-order valence-corrected chi connectivity index (χ3v) is 4.26. The van der Waals surface area contributed by atoms with Gasteiger partial charge in [0.1, 0.15) is 6.04 Å². The minimum absolute atomic E-state index is 0.109. The zero-order chi connectivity index (χ0) is 18.1.